The average molecular weight is 266 g/mol. The van der Waals surface area contributed by atoms with Crippen molar-refractivity contribution in [3.63, 3.8) is 0 Å². The molecule has 0 amide bonds. The molecule has 0 radical (unpaired) electrons. The molecule has 2 spiro atoms. The van der Waals surface area contributed by atoms with Gasteiger partial charge in [0, 0.05) is 11.5 Å². The Morgan fingerprint density at radius 1 is 1.24 bits per heavy atom. The van der Waals surface area contributed by atoms with Gasteiger partial charge >= 0.3 is 0 Å². The second kappa shape index (κ2) is 3.37. The highest BCUT2D eigenvalue weighted by molar-refractivity contribution is 8.21. The number of rotatable bonds is 0. The third kappa shape index (κ3) is 1.10. The minimum absolute atomic E-state index is 0.0567. The van der Waals surface area contributed by atoms with E-state index < -0.39 is 0 Å². The van der Waals surface area contributed by atoms with Gasteiger partial charge in [0.25, 0.3) is 0 Å². The Morgan fingerprint density at radius 3 is 2.71 bits per heavy atom. The van der Waals surface area contributed by atoms with Crippen molar-refractivity contribution in [2.45, 2.75) is 41.5 Å². The maximum Gasteiger partial charge on any atom is 0.120 e. The number of hydrogen-bond donors (Lipinski definition) is 0. The van der Waals surface area contributed by atoms with Gasteiger partial charge in [-0.1, -0.05) is 19.6 Å². The molecule has 0 unspecified atom stereocenters. The smallest absolute Gasteiger partial charge is 0.120 e. The third-order valence-corrected chi connectivity index (χ3v) is 8.73. The molecule has 3 heteroatoms. The van der Waals surface area contributed by atoms with Gasteiger partial charge < -0.3 is 4.74 Å². The van der Waals surface area contributed by atoms with Gasteiger partial charge in [-0.3, -0.25) is 0 Å². The van der Waals surface area contributed by atoms with Crippen LogP contribution in [0.2, 0.25) is 0 Å². The fraction of sp³-hybridized carbons (Fsp3) is 0.714. The van der Waals surface area contributed by atoms with Gasteiger partial charge in [0.2, 0.25) is 0 Å². The van der Waals surface area contributed by atoms with Crippen LogP contribution in [0.4, 0.5) is 0 Å². The zero-order chi connectivity index (χ0) is 11.7. The summed E-state index contributed by atoms with van der Waals surface area (Å²) in [5, 5.41) is 0. The van der Waals surface area contributed by atoms with Crippen LogP contribution in [0.15, 0.2) is 24.3 Å². The van der Waals surface area contributed by atoms with Crippen LogP contribution in [0.25, 0.3) is 0 Å². The number of fused-ring (bicyclic) bond motifs is 1. The summed E-state index contributed by atoms with van der Waals surface area (Å²) in [6, 6.07) is 0. The second-order valence-electron chi connectivity index (χ2n) is 5.62. The van der Waals surface area contributed by atoms with Gasteiger partial charge in [-0.15, -0.1) is 23.5 Å². The molecule has 92 valence electrons. The molecule has 4 fully saturated rings. The van der Waals surface area contributed by atoms with E-state index >= 15 is 0 Å². The third-order valence-electron chi connectivity index (χ3n) is 5.00. The summed E-state index contributed by atoms with van der Waals surface area (Å²) in [4.78, 5) is 0. The number of thioether (sulfide) groups is 2. The van der Waals surface area contributed by atoms with Gasteiger partial charge in [0.1, 0.15) is 5.60 Å². The van der Waals surface area contributed by atoms with Crippen molar-refractivity contribution in [3.8, 4) is 0 Å². The van der Waals surface area contributed by atoms with E-state index in [4.69, 9.17) is 4.74 Å². The Balaban J connectivity index is 1.87. The van der Waals surface area contributed by atoms with Crippen molar-refractivity contribution in [1.29, 1.82) is 0 Å². The molecule has 2 bridgehead atoms. The average Bonchev–Trinajstić information content (AvgIpc) is 2.98. The van der Waals surface area contributed by atoms with Gasteiger partial charge in [-0.2, -0.15) is 0 Å². The predicted molar refractivity (Wildman–Crippen MR) is 75.5 cm³/mol. The molecule has 0 aromatic rings. The zero-order valence-electron chi connectivity index (χ0n) is 10.0. The largest absolute Gasteiger partial charge is 0.360 e. The predicted octanol–water partition coefficient (Wildman–Crippen LogP) is 3.62. The fourth-order valence-corrected chi connectivity index (χ4v) is 8.13. The lowest BCUT2D eigenvalue weighted by Crippen LogP contribution is -2.55. The van der Waals surface area contributed by atoms with Crippen molar-refractivity contribution >= 4 is 23.5 Å². The first-order valence-corrected chi connectivity index (χ1v) is 8.51. The molecule has 1 aliphatic carbocycles. The summed E-state index contributed by atoms with van der Waals surface area (Å²) in [6.45, 7) is 8.58. The monoisotopic (exact) mass is 266 g/mol. The first-order chi connectivity index (χ1) is 8.20. The van der Waals surface area contributed by atoms with Crippen LogP contribution in [0.1, 0.15) is 25.7 Å². The molecule has 3 aliphatic heterocycles. The van der Waals surface area contributed by atoms with Gasteiger partial charge in [0.05, 0.1) is 10.2 Å². The summed E-state index contributed by atoms with van der Waals surface area (Å²) in [5.74, 6) is 3.25. The molecule has 17 heavy (non-hydrogen) atoms. The fourth-order valence-electron chi connectivity index (χ4n) is 4.29. The molecule has 3 heterocycles. The van der Waals surface area contributed by atoms with Gasteiger partial charge in [0.15, 0.2) is 0 Å². The van der Waals surface area contributed by atoms with E-state index in [1.165, 1.54) is 48.3 Å². The topological polar surface area (TPSA) is 9.23 Å². The molecular weight excluding hydrogens is 248 g/mol. The van der Waals surface area contributed by atoms with E-state index in [1.807, 2.05) is 0 Å². The van der Waals surface area contributed by atoms with Crippen LogP contribution in [0, 0.1) is 5.92 Å². The Morgan fingerprint density at radius 2 is 2.00 bits per heavy atom. The van der Waals surface area contributed by atoms with Crippen LogP contribution in [0.3, 0.4) is 0 Å². The van der Waals surface area contributed by atoms with Gasteiger partial charge in [-0.25, -0.2) is 0 Å². The lowest BCUT2D eigenvalue weighted by molar-refractivity contribution is -0.0109. The molecule has 1 nitrogen and oxygen atoms in total. The molecule has 4 aliphatic rings. The summed E-state index contributed by atoms with van der Waals surface area (Å²) in [5.41, 5.74) is 2.37. The van der Waals surface area contributed by atoms with Crippen molar-refractivity contribution in [3.05, 3.63) is 24.3 Å². The Kier molecular flexibility index (Phi) is 2.18. The molecule has 3 saturated heterocycles. The van der Waals surface area contributed by atoms with Gasteiger partial charge in [-0.05, 0) is 36.3 Å². The zero-order valence-corrected chi connectivity index (χ0v) is 11.7. The van der Waals surface area contributed by atoms with Crippen LogP contribution in [-0.2, 0) is 4.74 Å². The Hall–Kier alpha value is 0.140. The van der Waals surface area contributed by atoms with E-state index in [0.29, 0.717) is 5.92 Å². The van der Waals surface area contributed by atoms with Crippen LogP contribution >= 0.6 is 23.5 Å². The summed E-state index contributed by atoms with van der Waals surface area (Å²) < 4.78 is 6.75. The first-order valence-electron chi connectivity index (χ1n) is 6.54. The van der Waals surface area contributed by atoms with E-state index in [2.05, 4.69) is 36.7 Å². The van der Waals surface area contributed by atoms with Crippen LogP contribution in [0.5, 0.6) is 0 Å². The highest BCUT2D eigenvalue weighted by Crippen LogP contribution is 2.70. The Labute approximate surface area is 111 Å². The SMILES string of the molecule is C=C1C(=C)[C@@]23O[C@@H]1C[C@@H]2CCCC31SCCS1. The lowest BCUT2D eigenvalue weighted by atomic mass is 9.66. The van der Waals surface area contributed by atoms with E-state index in [-0.39, 0.29) is 15.8 Å². The maximum absolute atomic E-state index is 6.49. The molecule has 0 aromatic heterocycles. The minimum Gasteiger partial charge on any atom is -0.360 e. The molecule has 1 saturated carbocycles. The summed E-state index contributed by atoms with van der Waals surface area (Å²) >= 11 is 4.27. The second-order valence-corrected chi connectivity index (χ2v) is 8.67. The quantitative estimate of drug-likeness (QED) is 0.663. The van der Waals surface area contributed by atoms with Crippen LogP contribution in [-0.4, -0.2) is 27.3 Å². The molecular formula is C14H18OS2. The molecule has 0 N–H and O–H groups in total. The molecule has 3 atom stereocenters. The van der Waals surface area contributed by atoms with Crippen LogP contribution < -0.4 is 0 Å². The van der Waals surface area contributed by atoms with Crippen molar-refractivity contribution in [2.24, 2.45) is 5.92 Å². The summed E-state index contributed by atoms with van der Waals surface area (Å²) in [7, 11) is 0. The number of hydrogen-bond acceptors (Lipinski definition) is 3. The van der Waals surface area contributed by atoms with Crippen molar-refractivity contribution in [2.75, 3.05) is 11.5 Å². The normalized spacial score (nSPS) is 46.8. The van der Waals surface area contributed by atoms with Crippen molar-refractivity contribution in [1.82, 2.24) is 0 Å². The molecule has 0 aromatic carbocycles. The highest BCUT2D eigenvalue weighted by atomic mass is 32.2. The van der Waals surface area contributed by atoms with E-state index in [9.17, 15) is 0 Å². The maximum atomic E-state index is 6.49. The Bertz CT molecular complexity index is 410. The van der Waals surface area contributed by atoms with Crippen molar-refractivity contribution < 1.29 is 4.74 Å². The highest BCUT2D eigenvalue weighted by Gasteiger charge is 2.70. The standard InChI is InChI=1S/C14H18OS2/c1-9-10(2)14-11(8-12(9)15-14)4-3-5-13(14)16-6-7-17-13/h11-12H,1-8H2/t11-,12+,14+/m0/s1. The lowest BCUT2D eigenvalue weighted by Gasteiger charge is -2.51. The molecule has 4 rings (SSSR count). The first kappa shape index (κ1) is 11.0. The van der Waals surface area contributed by atoms with E-state index in [1.54, 1.807) is 0 Å². The summed E-state index contributed by atoms with van der Waals surface area (Å²) in [6.07, 6.45) is 5.45. The number of ether oxygens (including phenoxy) is 1. The van der Waals surface area contributed by atoms with E-state index in [0.717, 1.165) is 0 Å². The minimum atomic E-state index is -0.0567.